The molecule has 0 bridgehead atoms. The Morgan fingerprint density at radius 2 is 2.27 bits per heavy atom. The summed E-state index contributed by atoms with van der Waals surface area (Å²) in [5.41, 5.74) is 7.15. The molecule has 3 nitrogen and oxygen atoms in total. The first kappa shape index (κ1) is 10.1. The van der Waals surface area contributed by atoms with E-state index in [1.807, 2.05) is 36.0 Å². The lowest BCUT2D eigenvalue weighted by Crippen LogP contribution is -2.13. The molecule has 2 N–H and O–H groups in total. The highest BCUT2D eigenvalue weighted by atomic mass is 35.5. The number of aryl methyl sites for hydroxylation is 1. The fourth-order valence-electron chi connectivity index (χ4n) is 1.77. The lowest BCUT2D eigenvalue weighted by atomic mass is 10.1. The van der Waals surface area contributed by atoms with Crippen LogP contribution in [-0.4, -0.2) is 10.5 Å². The lowest BCUT2D eigenvalue weighted by Gasteiger charge is -1.96. The standard InChI is InChI=1S/C11H11ClN2O/c1-14-6-7(4-11(13)15)9-5-8(12)2-3-10(9)14/h2-3,5-6H,4H2,1H3,(H2,13,15). The molecule has 0 saturated heterocycles. The van der Waals surface area contributed by atoms with Crippen LogP contribution >= 0.6 is 11.6 Å². The number of carbonyl (C=O) groups is 1. The molecule has 0 atom stereocenters. The van der Waals surface area contributed by atoms with Gasteiger partial charge in [-0.2, -0.15) is 0 Å². The third-order valence-electron chi connectivity index (χ3n) is 2.40. The number of fused-ring (bicyclic) bond motifs is 1. The van der Waals surface area contributed by atoms with Crippen molar-refractivity contribution in [1.82, 2.24) is 4.57 Å². The van der Waals surface area contributed by atoms with E-state index in [-0.39, 0.29) is 12.3 Å². The molecule has 1 aromatic carbocycles. The zero-order chi connectivity index (χ0) is 11.0. The summed E-state index contributed by atoms with van der Waals surface area (Å²) >= 11 is 5.91. The molecule has 2 rings (SSSR count). The second kappa shape index (κ2) is 3.59. The van der Waals surface area contributed by atoms with E-state index >= 15 is 0 Å². The molecule has 1 heterocycles. The second-order valence-corrected chi connectivity index (χ2v) is 4.01. The molecule has 0 radical (unpaired) electrons. The highest BCUT2D eigenvalue weighted by Crippen LogP contribution is 2.24. The number of nitrogens with zero attached hydrogens (tertiary/aromatic N) is 1. The number of halogens is 1. The molecule has 0 spiro atoms. The van der Waals surface area contributed by atoms with Crippen LogP contribution in [-0.2, 0) is 18.3 Å². The van der Waals surface area contributed by atoms with Crippen molar-refractivity contribution >= 4 is 28.4 Å². The van der Waals surface area contributed by atoms with Crippen LogP contribution in [0.2, 0.25) is 5.02 Å². The number of nitrogens with two attached hydrogens (primary N) is 1. The summed E-state index contributed by atoms with van der Waals surface area (Å²) < 4.78 is 1.96. The van der Waals surface area contributed by atoms with Crippen molar-refractivity contribution in [2.75, 3.05) is 0 Å². The summed E-state index contributed by atoms with van der Waals surface area (Å²) in [7, 11) is 1.93. The molecule has 1 aromatic heterocycles. The molecule has 0 saturated carbocycles. The average Bonchev–Trinajstić information content (AvgIpc) is 2.42. The number of benzene rings is 1. The molecule has 78 valence electrons. The number of hydrogen-bond acceptors (Lipinski definition) is 1. The quantitative estimate of drug-likeness (QED) is 0.829. The molecule has 0 fully saturated rings. The molecule has 1 amide bonds. The van der Waals surface area contributed by atoms with Crippen molar-refractivity contribution in [3.05, 3.63) is 35.0 Å². The van der Waals surface area contributed by atoms with Gasteiger partial charge >= 0.3 is 0 Å². The third kappa shape index (κ3) is 1.83. The van der Waals surface area contributed by atoms with Crippen LogP contribution in [0.1, 0.15) is 5.56 Å². The van der Waals surface area contributed by atoms with Gasteiger partial charge in [-0.1, -0.05) is 11.6 Å². The van der Waals surface area contributed by atoms with E-state index in [9.17, 15) is 4.79 Å². The van der Waals surface area contributed by atoms with Gasteiger partial charge in [-0.05, 0) is 23.8 Å². The Morgan fingerprint density at radius 3 is 2.93 bits per heavy atom. The largest absolute Gasteiger partial charge is 0.369 e. The lowest BCUT2D eigenvalue weighted by molar-refractivity contribution is -0.117. The van der Waals surface area contributed by atoms with E-state index in [0.717, 1.165) is 16.5 Å². The van der Waals surface area contributed by atoms with Gasteiger partial charge in [0.25, 0.3) is 0 Å². The number of rotatable bonds is 2. The Labute approximate surface area is 92.4 Å². The van der Waals surface area contributed by atoms with E-state index in [1.165, 1.54) is 0 Å². The number of aromatic nitrogens is 1. The molecular formula is C11H11ClN2O. The van der Waals surface area contributed by atoms with Gasteiger partial charge in [0.15, 0.2) is 0 Å². The zero-order valence-electron chi connectivity index (χ0n) is 8.33. The second-order valence-electron chi connectivity index (χ2n) is 3.57. The Balaban J connectivity index is 2.64. The Kier molecular flexibility index (Phi) is 2.40. The van der Waals surface area contributed by atoms with E-state index in [4.69, 9.17) is 17.3 Å². The number of carbonyl (C=O) groups excluding carboxylic acids is 1. The van der Waals surface area contributed by atoms with Crippen molar-refractivity contribution < 1.29 is 4.79 Å². The summed E-state index contributed by atoms with van der Waals surface area (Å²) in [6.07, 6.45) is 2.16. The number of primary amides is 1. The third-order valence-corrected chi connectivity index (χ3v) is 2.63. The SMILES string of the molecule is Cn1cc(CC(N)=O)c2cc(Cl)ccc21. The molecule has 0 aliphatic rings. The number of amides is 1. The summed E-state index contributed by atoms with van der Waals surface area (Å²) in [5.74, 6) is -0.331. The van der Waals surface area contributed by atoms with Crippen molar-refractivity contribution in [2.45, 2.75) is 6.42 Å². The van der Waals surface area contributed by atoms with Crippen molar-refractivity contribution in [3.8, 4) is 0 Å². The van der Waals surface area contributed by atoms with E-state index in [1.54, 1.807) is 0 Å². The van der Waals surface area contributed by atoms with Crippen LogP contribution in [0.4, 0.5) is 0 Å². The van der Waals surface area contributed by atoms with Gasteiger partial charge in [-0.25, -0.2) is 0 Å². The summed E-state index contributed by atoms with van der Waals surface area (Å²) in [5, 5.41) is 1.66. The van der Waals surface area contributed by atoms with Gasteiger partial charge in [0.1, 0.15) is 0 Å². The van der Waals surface area contributed by atoms with Crippen molar-refractivity contribution in [3.63, 3.8) is 0 Å². The molecular weight excluding hydrogens is 212 g/mol. The predicted molar refractivity (Wildman–Crippen MR) is 60.8 cm³/mol. The van der Waals surface area contributed by atoms with Crippen LogP contribution in [0.15, 0.2) is 24.4 Å². The monoisotopic (exact) mass is 222 g/mol. The first-order valence-corrected chi connectivity index (χ1v) is 4.97. The molecule has 0 aliphatic carbocycles. The smallest absolute Gasteiger partial charge is 0.221 e. The summed E-state index contributed by atoms with van der Waals surface area (Å²) in [6.45, 7) is 0. The van der Waals surface area contributed by atoms with Crippen LogP contribution in [0.25, 0.3) is 10.9 Å². The molecule has 15 heavy (non-hydrogen) atoms. The maximum absolute atomic E-state index is 10.9. The highest BCUT2D eigenvalue weighted by Gasteiger charge is 2.08. The Hall–Kier alpha value is -1.48. The molecule has 2 aromatic rings. The predicted octanol–water partition coefficient (Wildman–Crippen LogP) is 1.86. The molecule has 0 unspecified atom stereocenters. The normalized spacial score (nSPS) is 10.8. The maximum Gasteiger partial charge on any atom is 0.221 e. The van der Waals surface area contributed by atoms with Crippen molar-refractivity contribution in [1.29, 1.82) is 0 Å². The first-order valence-electron chi connectivity index (χ1n) is 4.59. The molecule has 4 heteroatoms. The zero-order valence-corrected chi connectivity index (χ0v) is 9.08. The van der Waals surface area contributed by atoms with Crippen LogP contribution < -0.4 is 5.73 Å². The minimum Gasteiger partial charge on any atom is -0.369 e. The van der Waals surface area contributed by atoms with E-state index < -0.39 is 0 Å². The van der Waals surface area contributed by atoms with Gasteiger partial charge in [0, 0.05) is 29.2 Å². The minimum atomic E-state index is -0.331. The Morgan fingerprint density at radius 1 is 1.53 bits per heavy atom. The number of hydrogen-bond donors (Lipinski definition) is 1. The van der Waals surface area contributed by atoms with Gasteiger partial charge in [-0.15, -0.1) is 0 Å². The van der Waals surface area contributed by atoms with E-state index in [0.29, 0.717) is 5.02 Å². The van der Waals surface area contributed by atoms with Gasteiger partial charge in [0.05, 0.1) is 6.42 Å². The maximum atomic E-state index is 10.9. The van der Waals surface area contributed by atoms with Gasteiger partial charge in [-0.3, -0.25) is 4.79 Å². The van der Waals surface area contributed by atoms with Crippen LogP contribution in [0.5, 0.6) is 0 Å². The van der Waals surface area contributed by atoms with Gasteiger partial charge in [0.2, 0.25) is 5.91 Å². The fourth-order valence-corrected chi connectivity index (χ4v) is 1.95. The average molecular weight is 223 g/mol. The van der Waals surface area contributed by atoms with Crippen LogP contribution in [0, 0.1) is 0 Å². The van der Waals surface area contributed by atoms with Gasteiger partial charge < -0.3 is 10.3 Å². The molecule has 0 aliphatic heterocycles. The first-order chi connectivity index (χ1) is 7.08. The highest BCUT2D eigenvalue weighted by molar-refractivity contribution is 6.31. The Bertz CT molecular complexity index is 531. The summed E-state index contributed by atoms with van der Waals surface area (Å²) in [6, 6.07) is 5.62. The minimum absolute atomic E-state index is 0.248. The fraction of sp³-hybridized carbons (Fsp3) is 0.182. The van der Waals surface area contributed by atoms with E-state index in [2.05, 4.69) is 0 Å². The van der Waals surface area contributed by atoms with Crippen LogP contribution in [0.3, 0.4) is 0 Å². The van der Waals surface area contributed by atoms with Crippen molar-refractivity contribution in [2.24, 2.45) is 12.8 Å². The topological polar surface area (TPSA) is 48.0 Å². The summed E-state index contributed by atoms with van der Waals surface area (Å²) in [4.78, 5) is 10.9.